The van der Waals surface area contributed by atoms with Gasteiger partial charge >= 0.3 is 6.09 Å². The van der Waals surface area contributed by atoms with Crippen molar-refractivity contribution in [1.82, 2.24) is 4.98 Å². The van der Waals surface area contributed by atoms with Crippen molar-refractivity contribution >= 4 is 57.4 Å². The van der Waals surface area contributed by atoms with Crippen LogP contribution in [0.5, 0.6) is 0 Å². The molecule has 0 aliphatic heterocycles. The van der Waals surface area contributed by atoms with E-state index in [0.29, 0.717) is 10.8 Å². The number of nitrogens with zero attached hydrogens (tertiary/aromatic N) is 1. The molecule has 15 heavy (non-hydrogen) atoms. The molecule has 1 heterocycles. The second-order valence-corrected chi connectivity index (χ2v) is 5.83. The zero-order valence-electron chi connectivity index (χ0n) is 7.30. The zero-order chi connectivity index (χ0) is 11.5. The van der Waals surface area contributed by atoms with Gasteiger partial charge in [0.2, 0.25) is 3.79 Å². The lowest BCUT2D eigenvalue weighted by Crippen LogP contribution is -2.21. The molecule has 0 aliphatic carbocycles. The third-order valence-electron chi connectivity index (χ3n) is 1.13. The summed E-state index contributed by atoms with van der Waals surface area (Å²) >= 11 is 17.4. The number of rotatable bonds is 2. The summed E-state index contributed by atoms with van der Waals surface area (Å²) in [5.74, 6) is 0. The zero-order valence-corrected chi connectivity index (χ0v) is 10.4. The molecule has 0 unspecified atom stereocenters. The first-order chi connectivity index (χ1) is 6.87. The molecule has 0 fully saturated rings. The third kappa shape index (κ3) is 5.41. The quantitative estimate of drug-likeness (QED) is 0.850. The summed E-state index contributed by atoms with van der Waals surface area (Å²) < 4.78 is 3.01. The molecular weight excluding hydrogens is 283 g/mol. The van der Waals surface area contributed by atoms with Crippen molar-refractivity contribution in [3.63, 3.8) is 0 Å². The molecule has 1 radical (unpaired) electrons. The first kappa shape index (κ1) is 12.8. The minimum atomic E-state index is -1.61. The number of anilines is 1. The van der Waals surface area contributed by atoms with Gasteiger partial charge in [0.1, 0.15) is 6.61 Å². The van der Waals surface area contributed by atoms with Crippen molar-refractivity contribution in [3.8, 4) is 0 Å². The Kier molecular flexibility index (Phi) is 4.45. The number of hydrogen-bond acceptors (Lipinski definition) is 4. The van der Waals surface area contributed by atoms with E-state index in [1.807, 2.05) is 0 Å². The highest BCUT2D eigenvalue weighted by Gasteiger charge is 2.22. The van der Waals surface area contributed by atoms with E-state index >= 15 is 0 Å². The van der Waals surface area contributed by atoms with Crippen LogP contribution < -0.4 is 5.32 Å². The van der Waals surface area contributed by atoms with Crippen LogP contribution in [0.1, 0.15) is 5.69 Å². The number of aromatic nitrogens is 1. The summed E-state index contributed by atoms with van der Waals surface area (Å²) in [5, 5.41) is 4.43. The molecule has 1 aromatic rings. The largest absolute Gasteiger partial charge is 0.445 e. The predicted molar refractivity (Wildman–Crippen MR) is 61.8 cm³/mol. The third-order valence-corrected chi connectivity index (χ3v) is 2.26. The molecule has 0 saturated carbocycles. The second kappa shape index (κ2) is 5.21. The Morgan fingerprint density at radius 1 is 1.67 bits per heavy atom. The fourth-order valence-corrected chi connectivity index (χ4v) is 1.41. The minimum absolute atomic E-state index is 0.327. The van der Waals surface area contributed by atoms with Gasteiger partial charge in [0.15, 0.2) is 5.13 Å². The number of ether oxygens (including phenoxy) is 1. The highest BCUT2D eigenvalue weighted by atomic mass is 35.6. The number of carbonyl (C=O) groups is 1. The molecular formula is C7H6Cl3N2O2S. The Labute approximate surface area is 105 Å². The first-order valence-corrected chi connectivity index (χ1v) is 5.66. The Bertz CT molecular complexity index is 350. The van der Waals surface area contributed by atoms with E-state index in [9.17, 15) is 4.79 Å². The maximum Gasteiger partial charge on any atom is 0.413 e. The number of carbonyl (C=O) groups excluding carboxylic acids is 1. The van der Waals surface area contributed by atoms with Crippen LogP contribution in [0.2, 0.25) is 0 Å². The maximum atomic E-state index is 11.1. The summed E-state index contributed by atoms with van der Waals surface area (Å²) in [6.07, 6.45) is -0.726. The average molecular weight is 289 g/mol. The smallest absolute Gasteiger partial charge is 0.413 e. The average Bonchev–Trinajstić information content (AvgIpc) is 2.47. The van der Waals surface area contributed by atoms with Gasteiger partial charge in [0.25, 0.3) is 0 Å². The van der Waals surface area contributed by atoms with Crippen LogP contribution in [-0.2, 0) is 4.74 Å². The van der Waals surface area contributed by atoms with Crippen LogP contribution in [0.15, 0.2) is 5.38 Å². The van der Waals surface area contributed by atoms with E-state index in [0.717, 1.165) is 0 Å². The van der Waals surface area contributed by atoms with Gasteiger partial charge in [-0.05, 0) is 6.92 Å². The molecule has 0 saturated heterocycles. The van der Waals surface area contributed by atoms with Gasteiger partial charge < -0.3 is 4.74 Å². The van der Waals surface area contributed by atoms with E-state index < -0.39 is 9.89 Å². The topological polar surface area (TPSA) is 51.2 Å². The molecule has 0 atom stereocenters. The van der Waals surface area contributed by atoms with Gasteiger partial charge in [-0.15, -0.1) is 11.3 Å². The second-order valence-electron chi connectivity index (χ2n) is 2.46. The van der Waals surface area contributed by atoms with E-state index in [2.05, 4.69) is 22.0 Å². The van der Waals surface area contributed by atoms with Gasteiger partial charge in [0.05, 0.1) is 5.69 Å². The van der Waals surface area contributed by atoms with Gasteiger partial charge in [0, 0.05) is 5.38 Å². The predicted octanol–water partition coefficient (Wildman–Crippen LogP) is 3.24. The summed E-state index contributed by atoms with van der Waals surface area (Å²) in [6.45, 7) is 3.25. The Balaban J connectivity index is 2.37. The van der Waals surface area contributed by atoms with Crippen LogP contribution in [0.4, 0.5) is 9.93 Å². The first-order valence-electron chi connectivity index (χ1n) is 3.65. The van der Waals surface area contributed by atoms with Crippen molar-refractivity contribution in [3.05, 3.63) is 18.0 Å². The number of hydrogen-bond donors (Lipinski definition) is 1. The molecule has 8 heteroatoms. The standard InChI is InChI=1S/C7H6Cl3N2O2S/c1-4-2-15-5(11-4)12-6(13)14-3-7(8,9)10/h2H,1,3H2,(H,11,12,13). The molecule has 0 spiro atoms. The summed E-state index contributed by atoms with van der Waals surface area (Å²) in [6, 6.07) is 0. The van der Waals surface area contributed by atoms with Gasteiger partial charge in [-0.3, -0.25) is 5.32 Å². The van der Waals surface area contributed by atoms with E-state index in [-0.39, 0.29) is 6.61 Å². The molecule has 0 aromatic carbocycles. The monoisotopic (exact) mass is 287 g/mol. The number of amides is 1. The number of alkyl halides is 3. The fourth-order valence-electron chi connectivity index (χ4n) is 0.635. The van der Waals surface area contributed by atoms with Crippen LogP contribution in [0.3, 0.4) is 0 Å². The molecule has 1 aromatic heterocycles. The van der Waals surface area contributed by atoms with Gasteiger partial charge in [-0.2, -0.15) is 0 Å². The molecule has 0 aliphatic rings. The summed E-state index contributed by atoms with van der Waals surface area (Å²) in [4.78, 5) is 15.0. The van der Waals surface area contributed by atoms with Crippen molar-refractivity contribution in [2.24, 2.45) is 0 Å². The highest BCUT2D eigenvalue weighted by molar-refractivity contribution is 7.13. The van der Waals surface area contributed by atoms with Crippen LogP contribution in [-0.4, -0.2) is 21.5 Å². The molecule has 1 amide bonds. The number of nitrogens with one attached hydrogen (secondary N) is 1. The Morgan fingerprint density at radius 3 is 2.80 bits per heavy atom. The lowest BCUT2D eigenvalue weighted by Gasteiger charge is -2.10. The van der Waals surface area contributed by atoms with E-state index in [4.69, 9.17) is 34.8 Å². The van der Waals surface area contributed by atoms with Crippen molar-refractivity contribution in [1.29, 1.82) is 0 Å². The fraction of sp³-hybridized carbons (Fsp3) is 0.286. The minimum Gasteiger partial charge on any atom is -0.445 e. The number of halogens is 3. The van der Waals surface area contributed by atoms with Crippen molar-refractivity contribution < 1.29 is 9.53 Å². The maximum absolute atomic E-state index is 11.1. The molecule has 0 bridgehead atoms. The molecule has 83 valence electrons. The highest BCUT2D eigenvalue weighted by Crippen LogP contribution is 2.26. The molecule has 4 nitrogen and oxygen atoms in total. The lowest BCUT2D eigenvalue weighted by atomic mass is 10.6. The van der Waals surface area contributed by atoms with Crippen LogP contribution >= 0.6 is 46.1 Å². The molecule has 1 N–H and O–H groups in total. The van der Waals surface area contributed by atoms with Gasteiger partial charge in [-0.25, -0.2) is 9.78 Å². The van der Waals surface area contributed by atoms with Crippen LogP contribution in [0.25, 0.3) is 0 Å². The van der Waals surface area contributed by atoms with Gasteiger partial charge in [-0.1, -0.05) is 34.8 Å². The molecule has 1 rings (SSSR count). The van der Waals surface area contributed by atoms with Crippen molar-refractivity contribution in [2.45, 2.75) is 3.79 Å². The normalized spacial score (nSPS) is 11.2. The number of thiazole rings is 1. The Morgan fingerprint density at radius 2 is 2.33 bits per heavy atom. The SMILES string of the molecule is [CH2]c1csc(NC(=O)OCC(Cl)(Cl)Cl)n1. The summed E-state index contributed by atoms with van der Waals surface area (Å²) in [5.41, 5.74) is 0.566. The van der Waals surface area contributed by atoms with E-state index in [1.54, 1.807) is 5.38 Å². The van der Waals surface area contributed by atoms with E-state index in [1.165, 1.54) is 11.3 Å². The summed E-state index contributed by atoms with van der Waals surface area (Å²) in [7, 11) is 0. The lowest BCUT2D eigenvalue weighted by molar-refractivity contribution is 0.164. The van der Waals surface area contributed by atoms with Crippen molar-refractivity contribution in [2.75, 3.05) is 11.9 Å². The Hall–Kier alpha value is -0.230. The van der Waals surface area contributed by atoms with Crippen LogP contribution in [0, 0.1) is 6.92 Å².